The van der Waals surface area contributed by atoms with Gasteiger partial charge in [0.2, 0.25) is 5.91 Å². The van der Waals surface area contributed by atoms with Crippen LogP contribution in [0.15, 0.2) is 48.5 Å². The Kier molecular flexibility index (Phi) is 7.97. The number of carbonyl (C=O) groups excluding carboxylic acids is 2. The molecule has 0 saturated carbocycles. The van der Waals surface area contributed by atoms with Gasteiger partial charge >= 0.3 is 5.97 Å². The predicted octanol–water partition coefficient (Wildman–Crippen LogP) is 1.18. The summed E-state index contributed by atoms with van der Waals surface area (Å²) in [6.45, 7) is -0.765. The smallest absolute Gasteiger partial charge is 0.328 e. The minimum absolute atomic E-state index is 0.120. The average molecular weight is 432 g/mol. The standard InChI is InChI=1S/C19H20N4O8/c1-31-19(26)15(9-12-5-3-2-4-6-12)21-18(25)16(11-24)20-14-8-7-13(22(27)28)10-17(14)23(29)30/h2-8,10,15-16,20,24H,9,11H2,1H3,(H,21,25). The fourth-order valence-electron chi connectivity index (χ4n) is 2.75. The number of nitrogens with one attached hydrogen (secondary N) is 2. The molecule has 2 unspecified atom stereocenters. The number of hydrogen-bond acceptors (Lipinski definition) is 9. The predicted molar refractivity (Wildman–Crippen MR) is 108 cm³/mol. The van der Waals surface area contributed by atoms with E-state index in [0.29, 0.717) is 0 Å². The van der Waals surface area contributed by atoms with Crippen LogP contribution in [0.5, 0.6) is 0 Å². The maximum atomic E-state index is 12.6. The molecule has 0 bridgehead atoms. The Balaban J connectivity index is 2.21. The molecule has 164 valence electrons. The SMILES string of the molecule is COC(=O)C(Cc1ccccc1)NC(=O)C(CO)Nc1ccc([N+](=O)[O-])cc1[N+](=O)[O-]. The number of amides is 1. The maximum Gasteiger partial charge on any atom is 0.328 e. The number of anilines is 1. The van der Waals surface area contributed by atoms with Gasteiger partial charge in [-0.3, -0.25) is 25.0 Å². The number of nitro benzene ring substituents is 2. The van der Waals surface area contributed by atoms with Crippen molar-refractivity contribution in [3.05, 3.63) is 74.3 Å². The number of esters is 1. The number of methoxy groups -OCH3 is 1. The topological polar surface area (TPSA) is 174 Å². The van der Waals surface area contributed by atoms with Gasteiger partial charge in [0.1, 0.15) is 17.8 Å². The van der Waals surface area contributed by atoms with Crippen LogP contribution in [0, 0.1) is 20.2 Å². The van der Waals surface area contributed by atoms with Gasteiger partial charge in [0.05, 0.1) is 29.6 Å². The zero-order valence-corrected chi connectivity index (χ0v) is 16.4. The van der Waals surface area contributed by atoms with Crippen molar-refractivity contribution in [3.8, 4) is 0 Å². The second-order valence-electron chi connectivity index (χ2n) is 6.37. The van der Waals surface area contributed by atoms with Gasteiger partial charge in [-0.2, -0.15) is 0 Å². The molecule has 0 saturated heterocycles. The molecular formula is C19H20N4O8. The number of non-ortho nitro benzene ring substituents is 1. The van der Waals surface area contributed by atoms with E-state index in [1.807, 2.05) is 0 Å². The van der Waals surface area contributed by atoms with E-state index in [-0.39, 0.29) is 12.1 Å². The largest absolute Gasteiger partial charge is 0.467 e. The van der Waals surface area contributed by atoms with Crippen LogP contribution in [0.25, 0.3) is 0 Å². The van der Waals surface area contributed by atoms with Gasteiger partial charge < -0.3 is 20.5 Å². The molecule has 12 heteroatoms. The summed E-state index contributed by atoms with van der Waals surface area (Å²) in [7, 11) is 1.16. The lowest BCUT2D eigenvalue weighted by atomic mass is 10.1. The lowest BCUT2D eigenvalue weighted by Crippen LogP contribution is -2.50. The number of aliphatic hydroxyl groups excluding tert-OH is 1. The zero-order valence-electron chi connectivity index (χ0n) is 16.4. The van der Waals surface area contributed by atoms with Crippen molar-refractivity contribution in [2.75, 3.05) is 19.0 Å². The quantitative estimate of drug-likeness (QED) is 0.283. The first-order valence-electron chi connectivity index (χ1n) is 8.99. The first-order valence-corrected chi connectivity index (χ1v) is 8.99. The van der Waals surface area contributed by atoms with E-state index in [1.165, 1.54) is 0 Å². The van der Waals surface area contributed by atoms with Crippen molar-refractivity contribution < 1.29 is 29.3 Å². The molecule has 12 nitrogen and oxygen atoms in total. The highest BCUT2D eigenvalue weighted by molar-refractivity contribution is 5.90. The normalized spacial score (nSPS) is 12.3. The summed E-state index contributed by atoms with van der Waals surface area (Å²) < 4.78 is 4.71. The van der Waals surface area contributed by atoms with Crippen molar-refractivity contribution in [1.82, 2.24) is 5.32 Å². The molecule has 0 heterocycles. The third-order valence-corrected chi connectivity index (χ3v) is 4.30. The summed E-state index contributed by atoms with van der Waals surface area (Å²) in [4.78, 5) is 45.2. The number of carbonyl (C=O) groups is 2. The molecular weight excluding hydrogens is 412 g/mol. The molecule has 0 fully saturated rings. The summed E-state index contributed by atoms with van der Waals surface area (Å²) in [6, 6.07) is 9.20. The number of aliphatic hydroxyl groups is 1. The van der Waals surface area contributed by atoms with Crippen molar-refractivity contribution in [2.45, 2.75) is 18.5 Å². The number of nitrogens with zero attached hydrogens (tertiary/aromatic N) is 2. The van der Waals surface area contributed by atoms with E-state index < -0.39 is 51.8 Å². The van der Waals surface area contributed by atoms with Crippen LogP contribution < -0.4 is 10.6 Å². The molecule has 0 aromatic heterocycles. The van der Waals surface area contributed by atoms with Crippen molar-refractivity contribution in [3.63, 3.8) is 0 Å². The number of ether oxygens (including phenoxy) is 1. The van der Waals surface area contributed by atoms with Gasteiger partial charge in [-0.05, 0) is 11.6 Å². The fraction of sp³-hybridized carbons (Fsp3) is 0.263. The van der Waals surface area contributed by atoms with Crippen LogP contribution in [0.2, 0.25) is 0 Å². The summed E-state index contributed by atoms with van der Waals surface area (Å²) in [5.41, 5.74) is -0.606. The van der Waals surface area contributed by atoms with E-state index >= 15 is 0 Å². The Hall–Kier alpha value is -4.06. The van der Waals surface area contributed by atoms with E-state index in [4.69, 9.17) is 4.74 Å². The molecule has 0 aliphatic rings. The third kappa shape index (κ3) is 6.21. The second-order valence-corrected chi connectivity index (χ2v) is 6.37. The minimum atomic E-state index is -1.37. The Morgan fingerprint density at radius 1 is 1.06 bits per heavy atom. The molecule has 2 aromatic rings. The average Bonchev–Trinajstić information content (AvgIpc) is 2.76. The monoisotopic (exact) mass is 432 g/mol. The molecule has 0 radical (unpaired) electrons. The van der Waals surface area contributed by atoms with Gasteiger partial charge in [-0.25, -0.2) is 4.79 Å². The van der Waals surface area contributed by atoms with E-state index in [1.54, 1.807) is 30.3 Å². The lowest BCUT2D eigenvalue weighted by Gasteiger charge is -2.21. The van der Waals surface area contributed by atoms with Crippen LogP contribution in [0.3, 0.4) is 0 Å². The molecule has 31 heavy (non-hydrogen) atoms. The molecule has 0 aliphatic carbocycles. The number of rotatable bonds is 10. The number of benzene rings is 2. The lowest BCUT2D eigenvalue weighted by molar-refractivity contribution is -0.393. The summed E-state index contributed by atoms with van der Waals surface area (Å²) in [5, 5.41) is 36.7. The summed E-state index contributed by atoms with van der Waals surface area (Å²) in [6.07, 6.45) is 0.120. The molecule has 2 atom stereocenters. The van der Waals surface area contributed by atoms with Crippen LogP contribution in [0.4, 0.5) is 17.1 Å². The van der Waals surface area contributed by atoms with Gasteiger partial charge in [0.25, 0.3) is 11.4 Å². The van der Waals surface area contributed by atoms with Crippen LogP contribution in [-0.4, -0.2) is 52.6 Å². The van der Waals surface area contributed by atoms with E-state index in [0.717, 1.165) is 30.9 Å². The molecule has 3 N–H and O–H groups in total. The molecule has 0 spiro atoms. The Labute approximate surface area is 176 Å². The van der Waals surface area contributed by atoms with Crippen molar-refractivity contribution in [2.24, 2.45) is 0 Å². The highest BCUT2D eigenvalue weighted by Gasteiger charge is 2.28. The zero-order chi connectivity index (χ0) is 23.0. The molecule has 2 aromatic carbocycles. The van der Waals surface area contributed by atoms with Gasteiger partial charge in [-0.15, -0.1) is 0 Å². The highest BCUT2D eigenvalue weighted by Crippen LogP contribution is 2.29. The molecule has 0 aliphatic heterocycles. The maximum absolute atomic E-state index is 12.6. The summed E-state index contributed by atoms with van der Waals surface area (Å²) in [5.74, 6) is -1.53. The van der Waals surface area contributed by atoms with Gasteiger partial charge in [-0.1, -0.05) is 30.3 Å². The molecule has 2 rings (SSSR count). The highest BCUT2D eigenvalue weighted by atomic mass is 16.6. The van der Waals surface area contributed by atoms with Gasteiger partial charge in [0, 0.05) is 12.5 Å². The fourth-order valence-corrected chi connectivity index (χ4v) is 2.75. The Morgan fingerprint density at radius 3 is 2.29 bits per heavy atom. The van der Waals surface area contributed by atoms with E-state index in [9.17, 15) is 34.9 Å². The second kappa shape index (κ2) is 10.6. The van der Waals surface area contributed by atoms with Crippen LogP contribution >= 0.6 is 0 Å². The van der Waals surface area contributed by atoms with E-state index in [2.05, 4.69) is 10.6 Å². The van der Waals surface area contributed by atoms with Gasteiger partial charge in [0.15, 0.2) is 0 Å². The van der Waals surface area contributed by atoms with Crippen LogP contribution in [-0.2, 0) is 20.7 Å². The minimum Gasteiger partial charge on any atom is -0.467 e. The first-order chi connectivity index (χ1) is 14.8. The van der Waals surface area contributed by atoms with Crippen molar-refractivity contribution in [1.29, 1.82) is 0 Å². The number of hydrogen-bond donors (Lipinski definition) is 3. The number of nitro groups is 2. The molecule has 1 amide bonds. The third-order valence-electron chi connectivity index (χ3n) is 4.30. The summed E-state index contributed by atoms with van der Waals surface area (Å²) >= 11 is 0. The Bertz CT molecular complexity index is 967. The first kappa shape index (κ1) is 23.2. The van der Waals surface area contributed by atoms with Crippen molar-refractivity contribution >= 4 is 28.9 Å². The van der Waals surface area contributed by atoms with Crippen LogP contribution in [0.1, 0.15) is 5.56 Å². The Morgan fingerprint density at radius 2 is 1.74 bits per heavy atom.